The van der Waals surface area contributed by atoms with Gasteiger partial charge in [0.05, 0.1) is 5.69 Å². The van der Waals surface area contributed by atoms with Crippen LogP contribution < -0.4 is 0 Å². The average molecular weight is 410 g/mol. The van der Waals surface area contributed by atoms with Gasteiger partial charge in [0, 0.05) is 43.4 Å². The average Bonchev–Trinajstić information content (AvgIpc) is 3.12. The Hall–Kier alpha value is -2.70. The third-order valence-electron chi connectivity index (χ3n) is 6.79. The third-order valence-corrected chi connectivity index (χ3v) is 6.79. The quantitative estimate of drug-likeness (QED) is 0.782. The summed E-state index contributed by atoms with van der Waals surface area (Å²) in [5, 5.41) is 4.69. The highest BCUT2D eigenvalue weighted by Crippen LogP contribution is 2.30. The monoisotopic (exact) mass is 410 g/mol. The normalized spacial score (nSPS) is 19.4. The standard InChI is InChI=1S/C23H27FN4O2/c24-17-8-10-18(11-9-17)28-20-7-2-1-6-19(20)21(25-28)23(30)27-14-12-26(13-15-27)22(29)16-4-3-5-16/h8-11,16H,1-7,12-15H2. The number of fused-ring (bicyclic) bond motifs is 1. The first-order valence-corrected chi connectivity index (χ1v) is 11.1. The molecule has 0 unspecified atom stereocenters. The van der Waals surface area contributed by atoms with Crippen LogP contribution in [-0.4, -0.2) is 57.6 Å². The van der Waals surface area contributed by atoms with E-state index in [4.69, 9.17) is 5.10 Å². The van der Waals surface area contributed by atoms with Crippen molar-refractivity contribution >= 4 is 11.8 Å². The number of halogens is 1. The van der Waals surface area contributed by atoms with Gasteiger partial charge in [-0.15, -0.1) is 0 Å². The van der Waals surface area contributed by atoms with E-state index in [-0.39, 0.29) is 23.5 Å². The Balaban J connectivity index is 1.36. The molecule has 5 rings (SSSR count). The van der Waals surface area contributed by atoms with Gasteiger partial charge in [0.2, 0.25) is 5.91 Å². The molecular weight excluding hydrogens is 383 g/mol. The maximum absolute atomic E-state index is 13.4. The van der Waals surface area contributed by atoms with Gasteiger partial charge < -0.3 is 9.80 Å². The fourth-order valence-electron chi connectivity index (χ4n) is 4.76. The number of carbonyl (C=O) groups is 2. The lowest BCUT2D eigenvalue weighted by molar-refractivity contribution is -0.139. The molecule has 1 saturated heterocycles. The van der Waals surface area contributed by atoms with Crippen LogP contribution in [0.4, 0.5) is 4.39 Å². The lowest BCUT2D eigenvalue weighted by Gasteiger charge is -2.38. The highest BCUT2D eigenvalue weighted by Gasteiger charge is 2.34. The first-order valence-electron chi connectivity index (χ1n) is 11.1. The van der Waals surface area contributed by atoms with E-state index in [1.807, 2.05) is 14.5 Å². The molecule has 1 aromatic carbocycles. The zero-order chi connectivity index (χ0) is 20.7. The highest BCUT2D eigenvalue weighted by molar-refractivity contribution is 5.94. The lowest BCUT2D eigenvalue weighted by atomic mass is 9.84. The fraction of sp³-hybridized carbons (Fsp3) is 0.522. The number of aromatic nitrogens is 2. The van der Waals surface area contributed by atoms with E-state index in [1.165, 1.54) is 12.1 Å². The second-order valence-electron chi connectivity index (χ2n) is 8.61. The Morgan fingerprint density at radius 1 is 0.900 bits per heavy atom. The van der Waals surface area contributed by atoms with Crippen molar-refractivity contribution in [2.45, 2.75) is 44.9 Å². The molecule has 2 aliphatic carbocycles. The minimum atomic E-state index is -0.287. The van der Waals surface area contributed by atoms with Crippen LogP contribution in [0.5, 0.6) is 0 Å². The van der Waals surface area contributed by atoms with Gasteiger partial charge in [-0.1, -0.05) is 6.42 Å². The predicted molar refractivity (Wildman–Crippen MR) is 110 cm³/mol. The van der Waals surface area contributed by atoms with Gasteiger partial charge in [-0.2, -0.15) is 5.10 Å². The Bertz CT molecular complexity index is 956. The van der Waals surface area contributed by atoms with E-state index in [2.05, 4.69) is 0 Å². The van der Waals surface area contributed by atoms with Gasteiger partial charge >= 0.3 is 0 Å². The summed E-state index contributed by atoms with van der Waals surface area (Å²) in [6, 6.07) is 6.25. The Kier molecular flexibility index (Phi) is 5.05. The fourth-order valence-corrected chi connectivity index (χ4v) is 4.76. The Morgan fingerprint density at radius 3 is 2.23 bits per heavy atom. The van der Waals surface area contributed by atoms with Crippen LogP contribution in [-0.2, 0) is 17.6 Å². The summed E-state index contributed by atoms with van der Waals surface area (Å²) in [4.78, 5) is 29.6. The van der Waals surface area contributed by atoms with E-state index < -0.39 is 0 Å². The van der Waals surface area contributed by atoms with Crippen molar-refractivity contribution in [2.24, 2.45) is 5.92 Å². The molecule has 2 fully saturated rings. The summed E-state index contributed by atoms with van der Waals surface area (Å²) in [5.41, 5.74) is 3.40. The van der Waals surface area contributed by atoms with Crippen LogP contribution in [0.3, 0.4) is 0 Å². The van der Waals surface area contributed by atoms with Crippen LogP contribution >= 0.6 is 0 Å². The molecular formula is C23H27FN4O2. The van der Waals surface area contributed by atoms with E-state index in [9.17, 15) is 14.0 Å². The molecule has 0 spiro atoms. The maximum atomic E-state index is 13.4. The predicted octanol–water partition coefficient (Wildman–Crippen LogP) is 2.97. The number of hydrogen-bond donors (Lipinski definition) is 0. The summed E-state index contributed by atoms with van der Waals surface area (Å²) < 4.78 is 15.2. The van der Waals surface area contributed by atoms with Gasteiger partial charge in [-0.3, -0.25) is 9.59 Å². The molecule has 1 saturated carbocycles. The largest absolute Gasteiger partial charge is 0.339 e. The summed E-state index contributed by atoms with van der Waals surface area (Å²) in [5.74, 6) is 0.118. The second-order valence-corrected chi connectivity index (χ2v) is 8.61. The Labute approximate surface area is 175 Å². The molecule has 1 aliphatic heterocycles. The number of rotatable bonds is 3. The molecule has 0 bridgehead atoms. The van der Waals surface area contributed by atoms with Gasteiger partial charge in [0.25, 0.3) is 5.91 Å². The molecule has 1 aromatic heterocycles. The molecule has 0 N–H and O–H groups in total. The van der Waals surface area contributed by atoms with Crippen molar-refractivity contribution in [3.05, 3.63) is 47.0 Å². The lowest BCUT2D eigenvalue weighted by Crippen LogP contribution is -2.52. The first-order chi connectivity index (χ1) is 14.6. The number of amides is 2. The molecule has 30 heavy (non-hydrogen) atoms. The number of nitrogens with zero attached hydrogens (tertiary/aromatic N) is 4. The number of hydrogen-bond acceptors (Lipinski definition) is 3. The third kappa shape index (κ3) is 3.40. The van der Waals surface area contributed by atoms with E-state index >= 15 is 0 Å². The van der Waals surface area contributed by atoms with Crippen molar-refractivity contribution in [2.75, 3.05) is 26.2 Å². The number of carbonyl (C=O) groups excluding carboxylic acids is 2. The molecule has 6 nitrogen and oxygen atoms in total. The van der Waals surface area contributed by atoms with Crippen LogP contribution in [0, 0.1) is 11.7 Å². The van der Waals surface area contributed by atoms with E-state index in [0.717, 1.165) is 61.9 Å². The molecule has 2 amide bonds. The molecule has 2 aromatic rings. The number of piperazine rings is 1. The zero-order valence-corrected chi connectivity index (χ0v) is 17.1. The summed E-state index contributed by atoms with van der Waals surface area (Å²) in [6.07, 6.45) is 6.99. The van der Waals surface area contributed by atoms with Crippen LogP contribution in [0.2, 0.25) is 0 Å². The van der Waals surface area contributed by atoms with Crippen LogP contribution in [0.25, 0.3) is 5.69 Å². The molecule has 0 radical (unpaired) electrons. The SMILES string of the molecule is O=C(c1nn(-c2ccc(F)cc2)c2c1CCCC2)N1CCN(C(=O)C2CCC2)CC1. The minimum Gasteiger partial charge on any atom is -0.339 e. The van der Waals surface area contributed by atoms with Crippen molar-refractivity contribution in [3.63, 3.8) is 0 Å². The van der Waals surface area contributed by atoms with Crippen molar-refractivity contribution in [1.29, 1.82) is 0 Å². The van der Waals surface area contributed by atoms with Crippen molar-refractivity contribution in [1.82, 2.24) is 19.6 Å². The zero-order valence-electron chi connectivity index (χ0n) is 17.1. The topological polar surface area (TPSA) is 58.4 Å². The van der Waals surface area contributed by atoms with E-state index in [0.29, 0.717) is 31.9 Å². The minimum absolute atomic E-state index is 0.0512. The molecule has 158 valence electrons. The van der Waals surface area contributed by atoms with Gasteiger partial charge in [-0.25, -0.2) is 9.07 Å². The molecule has 3 aliphatic rings. The molecule has 2 heterocycles. The molecule has 7 heteroatoms. The summed E-state index contributed by atoms with van der Waals surface area (Å²) in [7, 11) is 0. The Morgan fingerprint density at radius 2 is 1.57 bits per heavy atom. The van der Waals surface area contributed by atoms with Crippen LogP contribution in [0.15, 0.2) is 24.3 Å². The molecule has 0 atom stereocenters. The van der Waals surface area contributed by atoms with Gasteiger partial charge in [0.1, 0.15) is 5.82 Å². The summed E-state index contributed by atoms with van der Waals surface area (Å²) >= 11 is 0. The second kappa shape index (κ2) is 7.85. The van der Waals surface area contributed by atoms with Crippen molar-refractivity contribution in [3.8, 4) is 5.69 Å². The number of benzene rings is 1. The van der Waals surface area contributed by atoms with Gasteiger partial charge in [-0.05, 0) is 62.8 Å². The summed E-state index contributed by atoms with van der Waals surface area (Å²) in [6.45, 7) is 2.30. The smallest absolute Gasteiger partial charge is 0.274 e. The maximum Gasteiger partial charge on any atom is 0.274 e. The van der Waals surface area contributed by atoms with E-state index in [1.54, 1.807) is 12.1 Å². The first kappa shape index (κ1) is 19.3. The highest BCUT2D eigenvalue weighted by atomic mass is 19.1. The van der Waals surface area contributed by atoms with Gasteiger partial charge in [0.15, 0.2) is 5.69 Å². The van der Waals surface area contributed by atoms with Crippen molar-refractivity contribution < 1.29 is 14.0 Å². The van der Waals surface area contributed by atoms with Crippen LogP contribution in [0.1, 0.15) is 53.8 Å².